The van der Waals surface area contributed by atoms with E-state index in [2.05, 4.69) is 0 Å². The van der Waals surface area contributed by atoms with Crippen LogP contribution in [0.5, 0.6) is 0 Å². The molecule has 5 heteroatoms. The lowest BCUT2D eigenvalue weighted by molar-refractivity contribution is -0.134. The Labute approximate surface area is 67.7 Å². The number of hydrogen-bond acceptors (Lipinski definition) is 1. The molecule has 0 heterocycles. The molecule has 0 aromatic carbocycles. The highest BCUT2D eigenvalue weighted by atomic mass is 19.4. The Hall–Kier alpha value is -1.00. The number of halogens is 3. The van der Waals surface area contributed by atoms with Gasteiger partial charge >= 0.3 is 12.1 Å². The summed E-state index contributed by atoms with van der Waals surface area (Å²) in [6, 6.07) is 0. The molecule has 0 aliphatic carbocycles. The molecule has 0 atom stereocenters. The molecule has 0 saturated carbocycles. The van der Waals surface area contributed by atoms with Crippen LogP contribution in [0.3, 0.4) is 0 Å². The van der Waals surface area contributed by atoms with Crippen LogP contribution in [0, 0.1) is 0 Å². The van der Waals surface area contributed by atoms with Crippen LogP contribution >= 0.6 is 0 Å². The van der Waals surface area contributed by atoms with E-state index in [4.69, 9.17) is 5.11 Å². The van der Waals surface area contributed by atoms with Crippen molar-refractivity contribution in [3.8, 4) is 0 Å². The second-order valence-corrected chi connectivity index (χ2v) is 2.26. The smallest absolute Gasteiger partial charge is 0.413 e. The molecule has 70 valence electrons. The molecule has 0 bridgehead atoms. The number of alkyl halides is 3. The summed E-state index contributed by atoms with van der Waals surface area (Å²) in [5.41, 5.74) is -1.61. The average Bonchev–Trinajstić information content (AvgIpc) is 1.85. The molecular formula is C7H9F3O2. The van der Waals surface area contributed by atoms with Crippen molar-refractivity contribution in [2.45, 2.75) is 26.4 Å². The first kappa shape index (κ1) is 11.0. The standard InChI is InChI=1S/C7H9F3O2/c1-3-5(7(8,9)10)4(2)6(11)12/h3H2,1-2H3,(H,11,12). The summed E-state index contributed by atoms with van der Waals surface area (Å²) >= 11 is 0. The topological polar surface area (TPSA) is 37.3 Å². The fourth-order valence-corrected chi connectivity index (χ4v) is 0.807. The summed E-state index contributed by atoms with van der Waals surface area (Å²) in [5.74, 6) is -1.52. The molecule has 1 N–H and O–H groups in total. The predicted octanol–water partition coefficient (Wildman–Crippen LogP) is 2.36. The molecule has 0 spiro atoms. The van der Waals surface area contributed by atoms with Gasteiger partial charge < -0.3 is 5.11 Å². The van der Waals surface area contributed by atoms with Crippen molar-refractivity contribution < 1.29 is 23.1 Å². The quantitative estimate of drug-likeness (QED) is 0.665. The van der Waals surface area contributed by atoms with Gasteiger partial charge in [-0.05, 0) is 13.3 Å². The molecule has 0 aromatic heterocycles. The summed E-state index contributed by atoms with van der Waals surface area (Å²) in [5, 5.41) is 8.29. The van der Waals surface area contributed by atoms with E-state index in [0.29, 0.717) is 0 Å². The Balaban J connectivity index is 5.01. The number of hydrogen-bond donors (Lipinski definition) is 1. The third-order valence-electron chi connectivity index (χ3n) is 1.47. The maximum atomic E-state index is 12.0. The van der Waals surface area contributed by atoms with Crippen LogP contribution in [0.25, 0.3) is 0 Å². The summed E-state index contributed by atoms with van der Waals surface area (Å²) in [6.07, 6.45) is -4.85. The van der Waals surface area contributed by atoms with Gasteiger partial charge in [0.25, 0.3) is 0 Å². The third kappa shape index (κ3) is 2.56. The number of rotatable bonds is 2. The van der Waals surface area contributed by atoms with E-state index >= 15 is 0 Å². The fraction of sp³-hybridized carbons (Fsp3) is 0.571. The van der Waals surface area contributed by atoms with Crippen molar-refractivity contribution in [2.75, 3.05) is 0 Å². The van der Waals surface area contributed by atoms with Gasteiger partial charge in [0.05, 0.1) is 0 Å². The van der Waals surface area contributed by atoms with Crippen LogP contribution in [0.2, 0.25) is 0 Å². The summed E-state index contributed by atoms with van der Waals surface area (Å²) in [4.78, 5) is 10.2. The minimum absolute atomic E-state index is 0.318. The number of carboxylic acids is 1. The van der Waals surface area contributed by atoms with Crippen LogP contribution in [0.4, 0.5) is 13.2 Å². The third-order valence-corrected chi connectivity index (χ3v) is 1.47. The van der Waals surface area contributed by atoms with Crippen molar-refractivity contribution in [3.63, 3.8) is 0 Å². The molecule has 0 radical (unpaired) electrons. The highest BCUT2D eigenvalue weighted by Crippen LogP contribution is 2.30. The molecule has 0 rings (SSSR count). The lowest BCUT2D eigenvalue weighted by atomic mass is 10.1. The van der Waals surface area contributed by atoms with E-state index in [1.165, 1.54) is 6.92 Å². The van der Waals surface area contributed by atoms with Crippen LogP contribution < -0.4 is 0 Å². The zero-order valence-corrected chi connectivity index (χ0v) is 6.70. The van der Waals surface area contributed by atoms with Crippen molar-refractivity contribution in [1.29, 1.82) is 0 Å². The van der Waals surface area contributed by atoms with Crippen molar-refractivity contribution in [2.24, 2.45) is 0 Å². The highest BCUT2D eigenvalue weighted by molar-refractivity contribution is 5.87. The molecule has 0 aliphatic heterocycles. The summed E-state index contributed by atoms with van der Waals surface area (Å²) < 4.78 is 36.0. The molecule has 0 amide bonds. The lowest BCUT2D eigenvalue weighted by Crippen LogP contribution is -2.16. The van der Waals surface area contributed by atoms with Crippen LogP contribution in [0.15, 0.2) is 11.1 Å². The van der Waals surface area contributed by atoms with Gasteiger partial charge in [-0.1, -0.05) is 6.92 Å². The van der Waals surface area contributed by atoms with Crippen molar-refractivity contribution in [3.05, 3.63) is 11.1 Å². The molecular weight excluding hydrogens is 173 g/mol. The molecule has 0 fully saturated rings. The van der Waals surface area contributed by atoms with E-state index in [1.54, 1.807) is 0 Å². The molecule has 2 nitrogen and oxygen atoms in total. The summed E-state index contributed by atoms with van der Waals surface area (Å²) in [7, 11) is 0. The van der Waals surface area contributed by atoms with Gasteiger partial charge in [-0.15, -0.1) is 0 Å². The average molecular weight is 182 g/mol. The number of carbonyl (C=O) groups is 1. The normalized spacial score (nSPS) is 14.1. The van der Waals surface area contributed by atoms with Gasteiger partial charge in [-0.25, -0.2) is 4.79 Å². The maximum Gasteiger partial charge on any atom is 0.413 e. The second-order valence-electron chi connectivity index (χ2n) is 2.26. The maximum absolute atomic E-state index is 12.0. The van der Waals surface area contributed by atoms with Gasteiger partial charge in [-0.3, -0.25) is 0 Å². The molecule has 0 aromatic rings. The Kier molecular flexibility index (Phi) is 3.30. The minimum atomic E-state index is -4.53. The van der Waals surface area contributed by atoms with E-state index in [1.807, 2.05) is 0 Å². The fourth-order valence-electron chi connectivity index (χ4n) is 0.807. The zero-order chi connectivity index (χ0) is 9.94. The molecule has 0 unspecified atom stereocenters. The minimum Gasteiger partial charge on any atom is -0.478 e. The summed E-state index contributed by atoms with van der Waals surface area (Å²) in [6.45, 7) is 2.23. The molecule has 0 aliphatic rings. The highest BCUT2D eigenvalue weighted by Gasteiger charge is 2.35. The zero-order valence-electron chi connectivity index (χ0n) is 6.70. The lowest BCUT2D eigenvalue weighted by Gasteiger charge is -2.10. The van der Waals surface area contributed by atoms with Crippen molar-refractivity contribution >= 4 is 5.97 Å². The van der Waals surface area contributed by atoms with Gasteiger partial charge in [0.1, 0.15) is 0 Å². The SMILES string of the molecule is CCC(=C(C)C(=O)O)C(F)(F)F. The first-order chi connectivity index (χ1) is 5.30. The molecule has 0 saturated heterocycles. The predicted molar refractivity (Wildman–Crippen MR) is 36.7 cm³/mol. The van der Waals surface area contributed by atoms with E-state index in [0.717, 1.165) is 6.92 Å². The first-order valence-electron chi connectivity index (χ1n) is 3.31. The number of carboxylic acid groups (broad SMARTS) is 1. The Morgan fingerprint density at radius 2 is 1.83 bits per heavy atom. The van der Waals surface area contributed by atoms with Gasteiger partial charge in [0.2, 0.25) is 0 Å². The van der Waals surface area contributed by atoms with E-state index < -0.39 is 23.3 Å². The van der Waals surface area contributed by atoms with E-state index in [9.17, 15) is 18.0 Å². The second kappa shape index (κ2) is 3.60. The van der Waals surface area contributed by atoms with Crippen LogP contribution in [0.1, 0.15) is 20.3 Å². The monoisotopic (exact) mass is 182 g/mol. The first-order valence-corrected chi connectivity index (χ1v) is 3.31. The Morgan fingerprint density at radius 3 is 1.92 bits per heavy atom. The van der Waals surface area contributed by atoms with Crippen LogP contribution in [-0.2, 0) is 4.79 Å². The van der Waals surface area contributed by atoms with Crippen molar-refractivity contribution in [1.82, 2.24) is 0 Å². The Morgan fingerprint density at radius 1 is 1.42 bits per heavy atom. The van der Waals surface area contributed by atoms with Crippen LogP contribution in [-0.4, -0.2) is 17.3 Å². The molecule has 12 heavy (non-hydrogen) atoms. The number of aliphatic carboxylic acids is 1. The Bertz CT molecular complexity index is 215. The van der Waals surface area contributed by atoms with Gasteiger partial charge in [-0.2, -0.15) is 13.2 Å². The van der Waals surface area contributed by atoms with Gasteiger partial charge in [0, 0.05) is 11.1 Å². The van der Waals surface area contributed by atoms with Gasteiger partial charge in [0.15, 0.2) is 0 Å². The largest absolute Gasteiger partial charge is 0.478 e. The number of allylic oxidation sites excluding steroid dienone is 1. The van der Waals surface area contributed by atoms with E-state index in [-0.39, 0.29) is 6.42 Å².